The summed E-state index contributed by atoms with van der Waals surface area (Å²) in [7, 11) is 0. The van der Waals surface area contributed by atoms with Crippen molar-refractivity contribution in [2.75, 3.05) is 5.73 Å². The van der Waals surface area contributed by atoms with Crippen LogP contribution in [0.4, 0.5) is 5.82 Å². The van der Waals surface area contributed by atoms with Crippen molar-refractivity contribution >= 4 is 11.5 Å². The van der Waals surface area contributed by atoms with E-state index in [0.717, 1.165) is 5.65 Å². The summed E-state index contributed by atoms with van der Waals surface area (Å²) in [4.78, 5) is 4.52. The van der Waals surface area contributed by atoms with Gasteiger partial charge in [0.2, 0.25) is 0 Å². The number of unbranched alkanes of at least 4 members (excludes halogenated alkanes) is 5. The van der Waals surface area contributed by atoms with E-state index in [1.165, 1.54) is 63.4 Å². The first kappa shape index (κ1) is 16.8. The average Bonchev–Trinajstić information content (AvgIpc) is 2.86. The fraction of sp³-hybridized carbons (Fsp3) is 0.667. The number of nitrogen functional groups attached to an aromatic ring is 1. The Hall–Kier alpha value is -1.58. The molecule has 22 heavy (non-hydrogen) atoms. The second-order valence-corrected chi connectivity index (χ2v) is 6.23. The van der Waals surface area contributed by atoms with Crippen LogP contribution in [0, 0.1) is 0 Å². The standard InChI is InChI=1S/C18H30N4/c1-3-5-7-9-12-15(11-8-6-4-2)16-17(19)21-22-14-10-13-20-18(16)22/h10,13-15H,3-9,11-12H2,1-2H3,(H2,19,21). The molecule has 2 aromatic rings. The van der Waals surface area contributed by atoms with Crippen molar-refractivity contribution in [1.82, 2.24) is 14.6 Å². The molecule has 2 heterocycles. The first-order valence-corrected chi connectivity index (χ1v) is 8.86. The molecule has 0 bridgehead atoms. The monoisotopic (exact) mass is 302 g/mol. The van der Waals surface area contributed by atoms with E-state index < -0.39 is 0 Å². The first-order valence-electron chi connectivity index (χ1n) is 8.86. The second kappa shape index (κ2) is 8.76. The van der Waals surface area contributed by atoms with Crippen molar-refractivity contribution in [1.29, 1.82) is 0 Å². The largest absolute Gasteiger partial charge is 0.382 e. The van der Waals surface area contributed by atoms with Crippen LogP contribution < -0.4 is 5.73 Å². The molecule has 1 unspecified atom stereocenters. The lowest BCUT2D eigenvalue weighted by Crippen LogP contribution is -2.03. The molecular weight excluding hydrogens is 272 g/mol. The quantitative estimate of drug-likeness (QED) is 0.632. The molecular formula is C18H30N4. The van der Waals surface area contributed by atoms with Crippen LogP contribution in [0.15, 0.2) is 18.5 Å². The van der Waals surface area contributed by atoms with Gasteiger partial charge >= 0.3 is 0 Å². The van der Waals surface area contributed by atoms with Crippen LogP contribution in [0.3, 0.4) is 0 Å². The zero-order valence-corrected chi connectivity index (χ0v) is 14.1. The van der Waals surface area contributed by atoms with E-state index in [1.54, 1.807) is 0 Å². The van der Waals surface area contributed by atoms with Crippen LogP contribution in [0.2, 0.25) is 0 Å². The fourth-order valence-corrected chi connectivity index (χ4v) is 3.20. The smallest absolute Gasteiger partial charge is 0.160 e. The molecule has 0 saturated heterocycles. The minimum absolute atomic E-state index is 0.496. The van der Waals surface area contributed by atoms with Crippen LogP contribution in [-0.2, 0) is 0 Å². The second-order valence-electron chi connectivity index (χ2n) is 6.23. The number of aromatic nitrogens is 3. The Morgan fingerprint density at radius 2 is 1.73 bits per heavy atom. The zero-order valence-electron chi connectivity index (χ0n) is 14.1. The van der Waals surface area contributed by atoms with Crippen LogP contribution in [0.25, 0.3) is 5.65 Å². The molecule has 2 rings (SSSR count). The van der Waals surface area contributed by atoms with Crippen molar-refractivity contribution in [2.45, 2.75) is 77.6 Å². The van der Waals surface area contributed by atoms with Crippen molar-refractivity contribution in [3.05, 3.63) is 24.0 Å². The molecule has 122 valence electrons. The minimum atomic E-state index is 0.496. The first-order chi connectivity index (χ1) is 10.8. The van der Waals surface area contributed by atoms with E-state index in [1.807, 2.05) is 23.0 Å². The SMILES string of the molecule is CCCCCCC(CCCCC)c1c(N)nn2cccnc12. The van der Waals surface area contributed by atoms with E-state index >= 15 is 0 Å². The van der Waals surface area contributed by atoms with Gasteiger partial charge in [-0.05, 0) is 24.8 Å². The van der Waals surface area contributed by atoms with Crippen molar-refractivity contribution in [2.24, 2.45) is 0 Å². The number of hydrogen-bond donors (Lipinski definition) is 1. The van der Waals surface area contributed by atoms with Gasteiger partial charge in [-0.1, -0.05) is 58.8 Å². The number of rotatable bonds is 10. The Bertz CT molecular complexity index is 561. The summed E-state index contributed by atoms with van der Waals surface area (Å²) in [6.45, 7) is 4.51. The lowest BCUT2D eigenvalue weighted by Gasteiger charge is -2.16. The lowest BCUT2D eigenvalue weighted by atomic mass is 9.89. The van der Waals surface area contributed by atoms with E-state index in [9.17, 15) is 0 Å². The number of hydrogen-bond acceptors (Lipinski definition) is 3. The lowest BCUT2D eigenvalue weighted by molar-refractivity contribution is 0.504. The summed E-state index contributed by atoms with van der Waals surface area (Å²) in [5.41, 5.74) is 8.33. The molecule has 4 nitrogen and oxygen atoms in total. The van der Waals surface area contributed by atoms with E-state index in [0.29, 0.717) is 11.7 Å². The topological polar surface area (TPSA) is 56.2 Å². The van der Waals surface area contributed by atoms with Crippen LogP contribution in [0.1, 0.15) is 83.1 Å². The van der Waals surface area contributed by atoms with Crippen LogP contribution in [-0.4, -0.2) is 14.6 Å². The molecule has 0 aliphatic carbocycles. The molecule has 0 aliphatic rings. The maximum absolute atomic E-state index is 6.22. The summed E-state index contributed by atoms with van der Waals surface area (Å²) >= 11 is 0. The highest BCUT2D eigenvalue weighted by Crippen LogP contribution is 2.34. The van der Waals surface area contributed by atoms with Gasteiger partial charge < -0.3 is 5.73 Å². The Morgan fingerprint density at radius 1 is 1.05 bits per heavy atom. The van der Waals surface area contributed by atoms with Gasteiger partial charge in [-0.25, -0.2) is 9.50 Å². The molecule has 4 heteroatoms. The van der Waals surface area contributed by atoms with Gasteiger partial charge in [0.1, 0.15) is 0 Å². The summed E-state index contributed by atoms with van der Waals surface area (Å²) in [6, 6.07) is 1.90. The number of nitrogens with two attached hydrogens (primary N) is 1. The Morgan fingerprint density at radius 3 is 2.45 bits per heavy atom. The van der Waals surface area contributed by atoms with Gasteiger partial charge in [0.25, 0.3) is 0 Å². The summed E-state index contributed by atoms with van der Waals surface area (Å²) in [5.74, 6) is 1.16. The fourth-order valence-electron chi connectivity index (χ4n) is 3.20. The predicted octanol–water partition coefficient (Wildman–Crippen LogP) is 4.95. The normalized spacial score (nSPS) is 12.8. The van der Waals surface area contributed by atoms with Crippen LogP contribution >= 0.6 is 0 Å². The average molecular weight is 302 g/mol. The Labute approximate surface area is 134 Å². The van der Waals surface area contributed by atoms with Gasteiger partial charge in [0.05, 0.1) is 0 Å². The molecule has 1 atom stereocenters. The minimum Gasteiger partial charge on any atom is -0.382 e. The third-order valence-corrected chi connectivity index (χ3v) is 4.43. The molecule has 2 N–H and O–H groups in total. The molecule has 0 aliphatic heterocycles. The maximum atomic E-state index is 6.22. The van der Waals surface area contributed by atoms with E-state index in [4.69, 9.17) is 5.73 Å². The van der Waals surface area contributed by atoms with Gasteiger partial charge in [-0.2, -0.15) is 0 Å². The molecule has 0 saturated carbocycles. The van der Waals surface area contributed by atoms with E-state index in [-0.39, 0.29) is 0 Å². The summed E-state index contributed by atoms with van der Waals surface area (Å²) < 4.78 is 1.82. The van der Waals surface area contributed by atoms with Gasteiger partial charge in [0, 0.05) is 18.0 Å². The highest BCUT2D eigenvalue weighted by atomic mass is 15.3. The van der Waals surface area contributed by atoms with Crippen LogP contribution in [0.5, 0.6) is 0 Å². The zero-order chi connectivity index (χ0) is 15.8. The molecule has 0 spiro atoms. The molecule has 0 amide bonds. The number of fused-ring (bicyclic) bond motifs is 1. The molecule has 0 fully saturated rings. The predicted molar refractivity (Wildman–Crippen MR) is 93.0 cm³/mol. The molecule has 0 aromatic carbocycles. The van der Waals surface area contributed by atoms with Crippen molar-refractivity contribution in [3.63, 3.8) is 0 Å². The maximum Gasteiger partial charge on any atom is 0.160 e. The third kappa shape index (κ3) is 4.21. The number of nitrogens with zero attached hydrogens (tertiary/aromatic N) is 3. The Kier molecular flexibility index (Phi) is 6.69. The summed E-state index contributed by atoms with van der Waals surface area (Å²) in [5, 5.41) is 4.44. The van der Waals surface area contributed by atoms with E-state index in [2.05, 4.69) is 23.9 Å². The third-order valence-electron chi connectivity index (χ3n) is 4.43. The van der Waals surface area contributed by atoms with Crippen molar-refractivity contribution in [3.8, 4) is 0 Å². The highest BCUT2D eigenvalue weighted by molar-refractivity contribution is 5.60. The summed E-state index contributed by atoms with van der Waals surface area (Å²) in [6.07, 6.45) is 15.2. The Balaban J connectivity index is 2.15. The van der Waals surface area contributed by atoms with Gasteiger partial charge in [0.15, 0.2) is 11.5 Å². The molecule has 2 aromatic heterocycles. The highest BCUT2D eigenvalue weighted by Gasteiger charge is 2.20. The molecule has 0 radical (unpaired) electrons. The van der Waals surface area contributed by atoms with Crippen molar-refractivity contribution < 1.29 is 0 Å². The van der Waals surface area contributed by atoms with Gasteiger partial charge in [-0.15, -0.1) is 5.10 Å². The van der Waals surface area contributed by atoms with Gasteiger partial charge in [-0.3, -0.25) is 0 Å². The number of anilines is 1.